The number of piperidine rings is 1. The standard InChI is InChI=1S/C21H29ClN2O3/c1-26-18-3-2-15(22)12-16(18)21(6-10-27-11-7-21)14-24-19(25)17-13-20(17)4-8-23-9-5-20/h2-3,12,17,23H,4-11,13-14H2,1H3,(H,24,25). The molecule has 1 unspecified atom stereocenters. The topological polar surface area (TPSA) is 59.6 Å². The Bertz CT molecular complexity index is 697. The van der Waals surface area contributed by atoms with Crippen LogP contribution in [0.5, 0.6) is 5.75 Å². The van der Waals surface area contributed by atoms with Crippen molar-refractivity contribution in [2.45, 2.75) is 37.5 Å². The number of methoxy groups -OCH3 is 1. The lowest BCUT2D eigenvalue weighted by molar-refractivity contribution is -0.123. The van der Waals surface area contributed by atoms with Crippen LogP contribution in [0.15, 0.2) is 18.2 Å². The monoisotopic (exact) mass is 392 g/mol. The lowest BCUT2D eigenvalue weighted by atomic mass is 9.73. The third-order valence-corrected chi connectivity index (χ3v) is 7.12. The summed E-state index contributed by atoms with van der Waals surface area (Å²) in [6.07, 6.45) is 4.98. The summed E-state index contributed by atoms with van der Waals surface area (Å²) in [6, 6.07) is 5.76. The highest BCUT2D eigenvalue weighted by Gasteiger charge is 2.57. The van der Waals surface area contributed by atoms with Crippen molar-refractivity contribution in [2.75, 3.05) is 40.0 Å². The molecule has 27 heavy (non-hydrogen) atoms. The number of rotatable bonds is 5. The van der Waals surface area contributed by atoms with E-state index in [0.29, 0.717) is 24.8 Å². The fourth-order valence-electron chi connectivity index (χ4n) is 4.97. The van der Waals surface area contributed by atoms with Crippen molar-refractivity contribution in [3.8, 4) is 5.75 Å². The molecule has 3 aliphatic rings. The lowest BCUT2D eigenvalue weighted by Crippen LogP contribution is -2.45. The number of hydrogen-bond acceptors (Lipinski definition) is 4. The van der Waals surface area contributed by atoms with Gasteiger partial charge in [0.05, 0.1) is 7.11 Å². The van der Waals surface area contributed by atoms with Gasteiger partial charge in [0.1, 0.15) is 5.75 Å². The van der Waals surface area contributed by atoms with Gasteiger partial charge in [-0.25, -0.2) is 0 Å². The zero-order chi connectivity index (χ0) is 18.9. The van der Waals surface area contributed by atoms with Gasteiger partial charge in [-0.1, -0.05) is 11.6 Å². The van der Waals surface area contributed by atoms with E-state index < -0.39 is 0 Å². The van der Waals surface area contributed by atoms with Gasteiger partial charge in [0.15, 0.2) is 0 Å². The second-order valence-corrected chi connectivity index (χ2v) is 8.76. The zero-order valence-electron chi connectivity index (χ0n) is 16.0. The Morgan fingerprint density at radius 3 is 2.74 bits per heavy atom. The van der Waals surface area contributed by atoms with Crippen molar-refractivity contribution in [1.82, 2.24) is 10.6 Å². The number of hydrogen-bond donors (Lipinski definition) is 2. The maximum absolute atomic E-state index is 12.9. The predicted molar refractivity (Wildman–Crippen MR) is 105 cm³/mol. The molecule has 2 saturated heterocycles. The molecule has 2 N–H and O–H groups in total. The van der Waals surface area contributed by atoms with Crippen LogP contribution in [0.25, 0.3) is 0 Å². The highest BCUT2D eigenvalue weighted by atomic mass is 35.5. The number of amides is 1. The number of benzene rings is 1. The van der Waals surface area contributed by atoms with Crippen LogP contribution in [-0.2, 0) is 14.9 Å². The Morgan fingerprint density at radius 2 is 2.04 bits per heavy atom. The molecule has 6 heteroatoms. The summed E-state index contributed by atoms with van der Waals surface area (Å²) in [5.74, 6) is 1.22. The molecule has 148 valence electrons. The predicted octanol–water partition coefficient (Wildman–Crippen LogP) is 2.90. The first-order valence-corrected chi connectivity index (χ1v) is 10.4. The lowest BCUT2D eigenvalue weighted by Gasteiger charge is -2.39. The first-order valence-electron chi connectivity index (χ1n) is 9.99. The molecule has 1 spiro atoms. The van der Waals surface area contributed by atoms with Crippen molar-refractivity contribution < 1.29 is 14.3 Å². The van der Waals surface area contributed by atoms with E-state index in [9.17, 15) is 4.79 Å². The fourth-order valence-corrected chi connectivity index (χ4v) is 5.15. The van der Waals surface area contributed by atoms with Crippen LogP contribution in [0.3, 0.4) is 0 Å². The van der Waals surface area contributed by atoms with Crippen molar-refractivity contribution in [3.05, 3.63) is 28.8 Å². The molecule has 3 fully saturated rings. The third-order valence-electron chi connectivity index (χ3n) is 6.89. The minimum Gasteiger partial charge on any atom is -0.496 e. The molecule has 1 aromatic rings. The minimum atomic E-state index is -0.194. The average Bonchev–Trinajstić information content (AvgIpc) is 3.40. The molecule has 2 aliphatic heterocycles. The molecule has 1 aliphatic carbocycles. The number of carbonyl (C=O) groups excluding carboxylic acids is 1. The first kappa shape index (κ1) is 19.0. The van der Waals surface area contributed by atoms with Crippen molar-refractivity contribution >= 4 is 17.5 Å². The van der Waals surface area contributed by atoms with Gasteiger partial charge in [0.2, 0.25) is 5.91 Å². The first-order chi connectivity index (χ1) is 13.1. The Labute approximate surface area is 166 Å². The Morgan fingerprint density at radius 1 is 1.30 bits per heavy atom. The number of ether oxygens (including phenoxy) is 2. The van der Waals surface area contributed by atoms with E-state index in [1.54, 1.807) is 7.11 Å². The smallest absolute Gasteiger partial charge is 0.223 e. The van der Waals surface area contributed by atoms with Gasteiger partial charge < -0.3 is 20.1 Å². The van der Waals surface area contributed by atoms with Gasteiger partial charge in [-0.05, 0) is 68.8 Å². The van der Waals surface area contributed by atoms with Crippen LogP contribution in [0.4, 0.5) is 0 Å². The van der Waals surface area contributed by atoms with Crippen LogP contribution >= 0.6 is 11.6 Å². The molecule has 5 nitrogen and oxygen atoms in total. The summed E-state index contributed by atoms with van der Waals surface area (Å²) in [4.78, 5) is 12.9. The molecule has 0 radical (unpaired) electrons. The van der Waals surface area contributed by atoms with Crippen LogP contribution < -0.4 is 15.4 Å². The second-order valence-electron chi connectivity index (χ2n) is 8.32. The Kier molecular flexibility index (Phi) is 5.36. The highest BCUT2D eigenvalue weighted by Crippen LogP contribution is 2.58. The summed E-state index contributed by atoms with van der Waals surface area (Å²) in [5, 5.41) is 7.37. The molecule has 4 rings (SSSR count). The minimum absolute atomic E-state index is 0.178. The van der Waals surface area contributed by atoms with Crippen LogP contribution in [-0.4, -0.2) is 45.9 Å². The van der Waals surface area contributed by atoms with E-state index in [-0.39, 0.29) is 22.7 Å². The Balaban J connectivity index is 1.50. The SMILES string of the molecule is COc1ccc(Cl)cc1C1(CNC(=O)C2CC23CCNCC3)CCOCC1. The van der Waals surface area contributed by atoms with Crippen molar-refractivity contribution in [3.63, 3.8) is 0 Å². The van der Waals surface area contributed by atoms with E-state index in [1.807, 2.05) is 18.2 Å². The van der Waals surface area contributed by atoms with Crippen molar-refractivity contribution in [2.24, 2.45) is 11.3 Å². The summed E-state index contributed by atoms with van der Waals surface area (Å²) in [7, 11) is 1.68. The summed E-state index contributed by atoms with van der Waals surface area (Å²) >= 11 is 6.30. The molecule has 0 aromatic heterocycles. The van der Waals surface area contributed by atoms with Gasteiger partial charge in [0.25, 0.3) is 0 Å². The number of halogens is 1. The molecule has 2 heterocycles. The van der Waals surface area contributed by atoms with Gasteiger partial charge in [-0.15, -0.1) is 0 Å². The maximum Gasteiger partial charge on any atom is 0.223 e. The van der Waals surface area contributed by atoms with E-state index in [1.165, 1.54) is 0 Å². The normalized spacial score (nSPS) is 25.8. The van der Waals surface area contributed by atoms with E-state index in [0.717, 1.165) is 56.5 Å². The average molecular weight is 393 g/mol. The van der Waals surface area contributed by atoms with E-state index in [4.69, 9.17) is 21.1 Å². The summed E-state index contributed by atoms with van der Waals surface area (Å²) in [5.41, 5.74) is 1.14. The fraction of sp³-hybridized carbons (Fsp3) is 0.667. The van der Waals surface area contributed by atoms with Crippen molar-refractivity contribution in [1.29, 1.82) is 0 Å². The highest BCUT2D eigenvalue weighted by molar-refractivity contribution is 6.30. The molecule has 1 atom stereocenters. The van der Waals surface area contributed by atoms with Crippen LogP contribution in [0.1, 0.15) is 37.7 Å². The van der Waals surface area contributed by atoms with E-state index in [2.05, 4.69) is 10.6 Å². The summed E-state index contributed by atoms with van der Waals surface area (Å²) < 4.78 is 11.2. The Hall–Kier alpha value is -1.30. The second kappa shape index (κ2) is 7.61. The van der Waals surface area contributed by atoms with Crippen LogP contribution in [0.2, 0.25) is 5.02 Å². The van der Waals surface area contributed by atoms with E-state index >= 15 is 0 Å². The van der Waals surface area contributed by atoms with Gasteiger partial charge in [-0.3, -0.25) is 4.79 Å². The van der Waals surface area contributed by atoms with Gasteiger partial charge >= 0.3 is 0 Å². The largest absolute Gasteiger partial charge is 0.496 e. The maximum atomic E-state index is 12.9. The number of carbonyl (C=O) groups is 1. The molecule has 1 amide bonds. The molecular formula is C21H29ClN2O3. The molecule has 1 saturated carbocycles. The van der Waals surface area contributed by atoms with Crippen LogP contribution in [0, 0.1) is 11.3 Å². The molecule has 1 aromatic carbocycles. The quantitative estimate of drug-likeness (QED) is 0.808. The number of nitrogens with one attached hydrogen (secondary N) is 2. The van der Waals surface area contributed by atoms with Gasteiger partial charge in [0, 0.05) is 41.7 Å². The molecular weight excluding hydrogens is 364 g/mol. The summed E-state index contributed by atoms with van der Waals surface area (Å²) in [6.45, 7) is 4.04. The molecule has 0 bridgehead atoms. The van der Waals surface area contributed by atoms with Gasteiger partial charge in [-0.2, -0.15) is 0 Å². The zero-order valence-corrected chi connectivity index (χ0v) is 16.7. The third kappa shape index (κ3) is 3.69.